The topological polar surface area (TPSA) is 44.7 Å². The molecule has 0 aromatic rings. The Morgan fingerprint density at radius 3 is 2.94 bits per heavy atom. The molecule has 0 radical (unpaired) electrons. The zero-order chi connectivity index (χ0) is 12.0. The summed E-state index contributed by atoms with van der Waals surface area (Å²) in [6, 6.07) is 0. The second kappa shape index (κ2) is 6.55. The third kappa shape index (κ3) is 4.37. The number of aliphatic hydroxyl groups is 1. The van der Waals surface area contributed by atoms with Crippen LogP contribution in [0.2, 0.25) is 0 Å². The molecule has 0 saturated carbocycles. The molecule has 1 heterocycles. The van der Waals surface area contributed by atoms with E-state index in [2.05, 4.69) is 24.1 Å². The molecule has 16 heavy (non-hydrogen) atoms. The molecule has 96 valence electrons. The Hall–Kier alpha value is -0.160. The predicted octanol–water partition coefficient (Wildman–Crippen LogP) is 0.458. The summed E-state index contributed by atoms with van der Waals surface area (Å²) < 4.78 is 5.53. The molecule has 1 rings (SSSR count). The Kier molecular flexibility index (Phi) is 5.69. The van der Waals surface area contributed by atoms with Gasteiger partial charge in [0.25, 0.3) is 0 Å². The predicted molar refractivity (Wildman–Crippen MR) is 65.6 cm³/mol. The van der Waals surface area contributed by atoms with E-state index >= 15 is 0 Å². The number of likely N-dealkylation sites (N-methyl/N-ethyl adjacent to an activating group) is 1. The summed E-state index contributed by atoms with van der Waals surface area (Å²) in [5.41, 5.74) is -0.0316. The van der Waals surface area contributed by atoms with Crippen molar-refractivity contribution in [3.05, 3.63) is 0 Å². The zero-order valence-electron chi connectivity index (χ0n) is 10.8. The van der Waals surface area contributed by atoms with Gasteiger partial charge in [-0.15, -0.1) is 0 Å². The molecule has 0 aliphatic carbocycles. The van der Waals surface area contributed by atoms with E-state index in [-0.39, 0.29) is 11.7 Å². The molecule has 0 aromatic carbocycles. The summed E-state index contributed by atoms with van der Waals surface area (Å²) in [5, 5.41) is 13.0. The van der Waals surface area contributed by atoms with Crippen molar-refractivity contribution >= 4 is 0 Å². The van der Waals surface area contributed by atoms with Crippen molar-refractivity contribution in [3.8, 4) is 0 Å². The lowest BCUT2D eigenvalue weighted by molar-refractivity contribution is -0.0582. The van der Waals surface area contributed by atoms with Crippen LogP contribution in [0, 0.1) is 0 Å². The van der Waals surface area contributed by atoms with Crippen LogP contribution >= 0.6 is 0 Å². The molecule has 4 heteroatoms. The highest BCUT2D eigenvalue weighted by molar-refractivity contribution is 4.85. The van der Waals surface area contributed by atoms with E-state index in [1.165, 1.54) is 0 Å². The Morgan fingerprint density at radius 1 is 1.56 bits per heavy atom. The molecule has 4 nitrogen and oxygen atoms in total. The molecule has 0 amide bonds. The van der Waals surface area contributed by atoms with Crippen LogP contribution in [0.15, 0.2) is 0 Å². The summed E-state index contributed by atoms with van der Waals surface area (Å²) in [7, 11) is 1.78. The smallest absolute Gasteiger partial charge is 0.0791 e. The van der Waals surface area contributed by atoms with Gasteiger partial charge in [0, 0.05) is 26.7 Å². The maximum Gasteiger partial charge on any atom is 0.0791 e. The number of methoxy groups -OCH3 is 1. The fraction of sp³-hybridized carbons (Fsp3) is 1.00. The summed E-state index contributed by atoms with van der Waals surface area (Å²) in [5.74, 6) is 0. The monoisotopic (exact) mass is 230 g/mol. The minimum Gasteiger partial charge on any atom is -0.390 e. The van der Waals surface area contributed by atoms with Crippen molar-refractivity contribution in [1.29, 1.82) is 0 Å². The fourth-order valence-corrected chi connectivity index (χ4v) is 2.30. The quantitative estimate of drug-likeness (QED) is 0.696. The number of nitrogens with zero attached hydrogens (tertiary/aromatic N) is 1. The molecule has 1 saturated heterocycles. The van der Waals surface area contributed by atoms with Crippen molar-refractivity contribution in [1.82, 2.24) is 10.2 Å². The molecule has 0 bridgehead atoms. The number of β-amino-alcohol motifs (C(OH)–C–C–N with tert-alkyl or cyclic N) is 1. The number of ether oxygens (including phenoxy) is 1. The number of aliphatic hydroxyl groups excluding tert-OH is 1. The van der Waals surface area contributed by atoms with Gasteiger partial charge in [0.2, 0.25) is 0 Å². The number of piperidine rings is 1. The van der Waals surface area contributed by atoms with E-state index in [1.54, 1.807) is 7.11 Å². The highest BCUT2D eigenvalue weighted by atomic mass is 16.5. The Bertz CT molecular complexity index is 201. The molecular formula is C12H26N2O2. The van der Waals surface area contributed by atoms with E-state index in [0.717, 1.165) is 39.0 Å². The van der Waals surface area contributed by atoms with Crippen LogP contribution in [-0.2, 0) is 4.74 Å². The highest BCUT2D eigenvalue weighted by Gasteiger charge is 2.31. The Morgan fingerprint density at radius 2 is 2.31 bits per heavy atom. The first kappa shape index (κ1) is 13.9. The minimum atomic E-state index is -0.279. The van der Waals surface area contributed by atoms with Gasteiger partial charge in [-0.05, 0) is 32.9 Å². The first-order valence-corrected chi connectivity index (χ1v) is 6.26. The second-order valence-electron chi connectivity index (χ2n) is 4.95. The van der Waals surface area contributed by atoms with E-state index in [0.29, 0.717) is 6.54 Å². The van der Waals surface area contributed by atoms with Gasteiger partial charge in [-0.1, -0.05) is 6.92 Å². The van der Waals surface area contributed by atoms with Crippen molar-refractivity contribution in [2.45, 2.75) is 38.4 Å². The largest absolute Gasteiger partial charge is 0.390 e. The average Bonchev–Trinajstić information content (AvgIpc) is 2.26. The van der Waals surface area contributed by atoms with E-state index in [9.17, 15) is 5.11 Å². The van der Waals surface area contributed by atoms with Crippen LogP contribution in [0.25, 0.3) is 0 Å². The SMILES string of the molecule is CCNCC(O)CN1CCCC(C)(OC)C1. The molecule has 1 fully saturated rings. The molecule has 0 spiro atoms. The van der Waals surface area contributed by atoms with Crippen LogP contribution < -0.4 is 5.32 Å². The molecule has 0 aromatic heterocycles. The van der Waals surface area contributed by atoms with Crippen LogP contribution in [0.3, 0.4) is 0 Å². The van der Waals surface area contributed by atoms with Crippen molar-refractivity contribution < 1.29 is 9.84 Å². The van der Waals surface area contributed by atoms with Crippen molar-refractivity contribution in [3.63, 3.8) is 0 Å². The number of rotatable bonds is 6. The number of hydrogen-bond donors (Lipinski definition) is 2. The van der Waals surface area contributed by atoms with E-state index < -0.39 is 0 Å². The first-order chi connectivity index (χ1) is 7.59. The lowest BCUT2D eigenvalue weighted by atomic mass is 9.94. The van der Waals surface area contributed by atoms with Crippen molar-refractivity contribution in [2.75, 3.05) is 39.8 Å². The Balaban J connectivity index is 2.31. The van der Waals surface area contributed by atoms with Crippen LogP contribution in [-0.4, -0.2) is 61.5 Å². The van der Waals surface area contributed by atoms with Crippen LogP contribution in [0.4, 0.5) is 0 Å². The van der Waals surface area contributed by atoms with Gasteiger partial charge in [-0.3, -0.25) is 4.90 Å². The third-order valence-electron chi connectivity index (χ3n) is 3.33. The number of likely N-dealkylation sites (tertiary alicyclic amines) is 1. The number of hydrogen-bond acceptors (Lipinski definition) is 4. The highest BCUT2D eigenvalue weighted by Crippen LogP contribution is 2.23. The fourth-order valence-electron chi connectivity index (χ4n) is 2.30. The summed E-state index contributed by atoms with van der Waals surface area (Å²) in [6.07, 6.45) is 1.99. The maximum absolute atomic E-state index is 9.83. The van der Waals surface area contributed by atoms with Gasteiger partial charge in [0.05, 0.1) is 11.7 Å². The average molecular weight is 230 g/mol. The lowest BCUT2D eigenvalue weighted by Gasteiger charge is -2.40. The minimum absolute atomic E-state index is 0.0316. The maximum atomic E-state index is 9.83. The lowest BCUT2D eigenvalue weighted by Crippen LogP contribution is -2.50. The van der Waals surface area contributed by atoms with E-state index in [4.69, 9.17) is 4.74 Å². The Labute approximate surface area is 99.0 Å². The van der Waals surface area contributed by atoms with Gasteiger partial charge in [0.1, 0.15) is 0 Å². The summed E-state index contributed by atoms with van der Waals surface area (Å²) in [4.78, 5) is 2.30. The molecule has 2 unspecified atom stereocenters. The second-order valence-corrected chi connectivity index (χ2v) is 4.95. The molecule has 2 N–H and O–H groups in total. The summed E-state index contributed by atoms with van der Waals surface area (Å²) >= 11 is 0. The molecule has 2 atom stereocenters. The van der Waals surface area contributed by atoms with Gasteiger partial charge >= 0.3 is 0 Å². The van der Waals surface area contributed by atoms with E-state index in [1.807, 2.05) is 0 Å². The van der Waals surface area contributed by atoms with Gasteiger partial charge in [-0.25, -0.2) is 0 Å². The zero-order valence-corrected chi connectivity index (χ0v) is 10.8. The molecular weight excluding hydrogens is 204 g/mol. The van der Waals surface area contributed by atoms with Gasteiger partial charge in [0.15, 0.2) is 0 Å². The van der Waals surface area contributed by atoms with Gasteiger partial charge in [-0.2, -0.15) is 0 Å². The third-order valence-corrected chi connectivity index (χ3v) is 3.33. The van der Waals surface area contributed by atoms with Crippen LogP contribution in [0.1, 0.15) is 26.7 Å². The number of nitrogens with one attached hydrogen (secondary N) is 1. The summed E-state index contributed by atoms with van der Waals surface area (Å²) in [6.45, 7) is 8.52. The van der Waals surface area contributed by atoms with Crippen LogP contribution in [0.5, 0.6) is 0 Å². The normalized spacial score (nSPS) is 29.2. The van der Waals surface area contributed by atoms with Gasteiger partial charge < -0.3 is 15.2 Å². The molecule has 1 aliphatic rings. The first-order valence-electron chi connectivity index (χ1n) is 6.26. The molecule has 1 aliphatic heterocycles. The van der Waals surface area contributed by atoms with Crippen molar-refractivity contribution in [2.24, 2.45) is 0 Å². The standard InChI is InChI=1S/C12H26N2O2/c1-4-13-8-11(15)9-14-7-5-6-12(2,10-14)16-3/h11,13,15H,4-10H2,1-3H3.